The number of imidazole rings is 1. The molecule has 3 unspecified atom stereocenters. The van der Waals surface area contributed by atoms with Gasteiger partial charge >= 0.3 is 13.8 Å². The summed E-state index contributed by atoms with van der Waals surface area (Å²) in [5, 5.41) is 2.70. The topological polar surface area (TPSA) is 164 Å². The first kappa shape index (κ1) is 22.7. The predicted octanol–water partition coefficient (Wildman–Crippen LogP) is 1.69. The van der Waals surface area contributed by atoms with E-state index in [1.807, 2.05) is 13.8 Å². The van der Waals surface area contributed by atoms with Crippen molar-refractivity contribution in [1.82, 2.24) is 19.5 Å². The van der Waals surface area contributed by atoms with E-state index in [1.54, 1.807) is 0 Å². The second-order valence-electron chi connectivity index (χ2n) is 7.45. The number of fused-ring (bicyclic) bond motifs is 2. The van der Waals surface area contributed by atoms with Crippen molar-refractivity contribution in [2.45, 2.75) is 64.1 Å². The molecule has 2 fully saturated rings. The highest BCUT2D eigenvalue weighted by atomic mass is 31.2. The summed E-state index contributed by atoms with van der Waals surface area (Å²) < 4.78 is 35.1. The monoisotopic (exact) mass is 469 g/mol. The van der Waals surface area contributed by atoms with Crippen LogP contribution < -0.4 is 5.32 Å². The third-order valence-electron chi connectivity index (χ3n) is 5.03. The normalized spacial score (nSPS) is 29.6. The molecule has 2 N–H and O–H groups in total. The largest absolute Gasteiger partial charge is 0.472 e. The number of phosphoric acid groups is 1. The van der Waals surface area contributed by atoms with Crippen molar-refractivity contribution in [3.8, 4) is 0 Å². The van der Waals surface area contributed by atoms with E-state index >= 15 is 0 Å². The molecule has 0 bridgehead atoms. The summed E-state index contributed by atoms with van der Waals surface area (Å²) in [6, 6.07) is 0. The first-order valence-corrected chi connectivity index (χ1v) is 11.8. The lowest BCUT2D eigenvalue weighted by atomic mass is 10.1. The number of hydrogen-bond donors (Lipinski definition) is 2. The Morgan fingerprint density at radius 2 is 2.06 bits per heavy atom. The molecule has 2 aromatic rings. The molecule has 0 saturated carbocycles. The number of nitrogens with one attached hydrogen (secondary N) is 1. The van der Waals surface area contributed by atoms with Gasteiger partial charge in [-0.05, 0) is 12.8 Å². The number of aromatic nitrogens is 4. The van der Waals surface area contributed by atoms with Crippen LogP contribution in [0.2, 0.25) is 0 Å². The van der Waals surface area contributed by atoms with E-state index in [0.717, 1.165) is 0 Å². The van der Waals surface area contributed by atoms with Gasteiger partial charge in [0.05, 0.1) is 12.9 Å². The number of carbonyl (C=O) groups is 2. The van der Waals surface area contributed by atoms with Crippen molar-refractivity contribution in [3.63, 3.8) is 0 Å². The van der Waals surface area contributed by atoms with Gasteiger partial charge in [0.1, 0.15) is 18.5 Å². The molecular formula is C18H24N5O8P. The molecule has 0 radical (unpaired) electrons. The summed E-state index contributed by atoms with van der Waals surface area (Å²) in [5.74, 6) is -0.469. The predicted molar refractivity (Wildman–Crippen MR) is 108 cm³/mol. The van der Waals surface area contributed by atoms with Crippen molar-refractivity contribution < 1.29 is 37.6 Å². The zero-order valence-corrected chi connectivity index (χ0v) is 18.4. The number of amides is 1. The lowest BCUT2D eigenvalue weighted by Gasteiger charge is -2.29. The molecule has 0 aliphatic carbocycles. The fraction of sp³-hybridized carbons (Fsp3) is 0.611. The van der Waals surface area contributed by atoms with E-state index in [-0.39, 0.29) is 24.8 Å². The summed E-state index contributed by atoms with van der Waals surface area (Å²) >= 11 is 0. The van der Waals surface area contributed by atoms with Gasteiger partial charge in [0.25, 0.3) is 0 Å². The van der Waals surface area contributed by atoms with E-state index in [0.29, 0.717) is 30.4 Å². The summed E-state index contributed by atoms with van der Waals surface area (Å²) in [4.78, 5) is 46.7. The first-order chi connectivity index (χ1) is 15.3. The maximum absolute atomic E-state index is 12.3. The highest BCUT2D eigenvalue weighted by molar-refractivity contribution is 7.47. The zero-order valence-electron chi connectivity index (χ0n) is 17.5. The molecule has 174 valence electrons. The molecule has 2 aliphatic rings. The zero-order chi connectivity index (χ0) is 22.9. The first-order valence-electron chi connectivity index (χ1n) is 10.3. The Balaban J connectivity index is 1.68. The van der Waals surface area contributed by atoms with Crippen LogP contribution >= 0.6 is 7.82 Å². The van der Waals surface area contributed by atoms with Crippen LogP contribution in [0.5, 0.6) is 0 Å². The highest BCUT2D eigenvalue weighted by Crippen LogP contribution is 2.53. The molecule has 1 amide bonds. The minimum atomic E-state index is -4.30. The minimum Gasteiger partial charge on any atom is -0.455 e. The highest BCUT2D eigenvalue weighted by Gasteiger charge is 2.55. The summed E-state index contributed by atoms with van der Waals surface area (Å²) in [7, 11) is -4.30. The van der Waals surface area contributed by atoms with Gasteiger partial charge < -0.3 is 19.7 Å². The van der Waals surface area contributed by atoms with Gasteiger partial charge in [-0.25, -0.2) is 19.5 Å². The van der Waals surface area contributed by atoms with Crippen LogP contribution in [0.4, 0.5) is 5.82 Å². The van der Waals surface area contributed by atoms with Crippen LogP contribution in [-0.4, -0.2) is 61.2 Å². The van der Waals surface area contributed by atoms with E-state index in [2.05, 4.69) is 20.3 Å². The van der Waals surface area contributed by atoms with Crippen LogP contribution in [0, 0.1) is 0 Å². The van der Waals surface area contributed by atoms with Gasteiger partial charge in [0.15, 0.2) is 29.3 Å². The molecular weight excluding hydrogens is 445 g/mol. The average molecular weight is 469 g/mol. The lowest BCUT2D eigenvalue weighted by molar-refractivity contribution is -0.158. The number of esters is 1. The molecule has 14 heteroatoms. The molecule has 2 saturated heterocycles. The SMILES string of the molecule is CCCC(=O)Nc1ncnc2c1ncn2C1O[C@@H]2COP(=O)(O)O[C@H]2C1OC(=O)CCC. The van der Waals surface area contributed by atoms with E-state index in [4.69, 9.17) is 18.5 Å². The van der Waals surface area contributed by atoms with Crippen LogP contribution in [0.25, 0.3) is 11.2 Å². The summed E-state index contributed by atoms with van der Waals surface area (Å²) in [5.41, 5.74) is 0.638. The van der Waals surface area contributed by atoms with E-state index in [1.165, 1.54) is 17.2 Å². The summed E-state index contributed by atoms with van der Waals surface area (Å²) in [6.07, 6.45) is 0.639. The smallest absolute Gasteiger partial charge is 0.455 e. The van der Waals surface area contributed by atoms with E-state index in [9.17, 15) is 19.0 Å². The molecule has 0 aromatic carbocycles. The summed E-state index contributed by atoms with van der Waals surface area (Å²) in [6.45, 7) is 3.50. The Morgan fingerprint density at radius 3 is 2.81 bits per heavy atom. The van der Waals surface area contributed by atoms with Crippen LogP contribution in [0.3, 0.4) is 0 Å². The molecule has 0 spiro atoms. The van der Waals surface area contributed by atoms with Crippen molar-refractivity contribution in [2.24, 2.45) is 0 Å². The Kier molecular flexibility index (Phi) is 6.54. The Morgan fingerprint density at radius 1 is 1.28 bits per heavy atom. The van der Waals surface area contributed by atoms with Gasteiger partial charge in [-0.1, -0.05) is 13.8 Å². The maximum atomic E-state index is 12.3. The molecule has 2 aliphatic heterocycles. The molecule has 5 atom stereocenters. The fourth-order valence-corrected chi connectivity index (χ4v) is 4.60. The maximum Gasteiger partial charge on any atom is 0.472 e. The number of hydrogen-bond acceptors (Lipinski definition) is 10. The molecule has 2 aromatic heterocycles. The number of rotatable bonds is 7. The number of nitrogens with zero attached hydrogens (tertiary/aromatic N) is 4. The van der Waals surface area contributed by atoms with Crippen LogP contribution in [-0.2, 0) is 32.7 Å². The second kappa shape index (κ2) is 9.20. The molecule has 32 heavy (non-hydrogen) atoms. The lowest BCUT2D eigenvalue weighted by Crippen LogP contribution is -2.41. The number of carbonyl (C=O) groups excluding carboxylic acids is 2. The third kappa shape index (κ3) is 4.52. The van der Waals surface area contributed by atoms with E-state index < -0.39 is 38.3 Å². The number of ether oxygens (including phenoxy) is 2. The van der Waals surface area contributed by atoms with Gasteiger partial charge in [-0.3, -0.25) is 23.2 Å². The number of anilines is 1. The second-order valence-corrected chi connectivity index (χ2v) is 8.85. The van der Waals surface area contributed by atoms with Crippen molar-refractivity contribution in [3.05, 3.63) is 12.7 Å². The Bertz CT molecular complexity index is 1060. The van der Waals surface area contributed by atoms with Gasteiger partial charge in [-0.2, -0.15) is 0 Å². The van der Waals surface area contributed by atoms with Crippen LogP contribution in [0.15, 0.2) is 12.7 Å². The van der Waals surface area contributed by atoms with Gasteiger partial charge in [0, 0.05) is 12.8 Å². The quantitative estimate of drug-likeness (QED) is 0.448. The van der Waals surface area contributed by atoms with Crippen molar-refractivity contribution in [1.29, 1.82) is 0 Å². The van der Waals surface area contributed by atoms with Crippen molar-refractivity contribution in [2.75, 3.05) is 11.9 Å². The van der Waals surface area contributed by atoms with Gasteiger partial charge in [-0.15, -0.1) is 0 Å². The molecule has 4 heterocycles. The number of phosphoric ester groups is 1. The fourth-order valence-electron chi connectivity index (χ4n) is 3.64. The van der Waals surface area contributed by atoms with Crippen LogP contribution in [0.1, 0.15) is 45.8 Å². The Labute approximate surface area is 183 Å². The Hall–Kier alpha value is -2.44. The average Bonchev–Trinajstić information content (AvgIpc) is 3.30. The van der Waals surface area contributed by atoms with Gasteiger partial charge in [0.2, 0.25) is 5.91 Å². The molecule has 4 rings (SSSR count). The van der Waals surface area contributed by atoms with Crippen molar-refractivity contribution >= 4 is 36.7 Å². The molecule has 13 nitrogen and oxygen atoms in total. The standard InChI is InChI=1S/C18H24N5O8P/c1-3-5-11(24)22-16-13-17(20-8-19-16)23(9-21-13)18-15(30-12(25)6-4-2)14-10(29-18)7-28-32(26,27)31-14/h8-10,14-15,18H,3-7H2,1-2H3,(H,26,27)(H,19,20,22,24)/t10-,14-,15?,18?/m1/s1. The minimum absolute atomic E-state index is 0.161. The third-order valence-corrected chi connectivity index (χ3v) is 6.02.